The van der Waals surface area contributed by atoms with E-state index in [4.69, 9.17) is 16.3 Å². The van der Waals surface area contributed by atoms with Gasteiger partial charge in [0.25, 0.3) is 0 Å². The molecule has 6 nitrogen and oxygen atoms in total. The Morgan fingerprint density at radius 2 is 2.15 bits per heavy atom. The molecule has 0 saturated carbocycles. The van der Waals surface area contributed by atoms with Gasteiger partial charge in [-0.25, -0.2) is 5.84 Å². The van der Waals surface area contributed by atoms with Gasteiger partial charge in [-0.05, 0) is 37.8 Å². The highest BCUT2D eigenvalue weighted by Crippen LogP contribution is 2.49. The molecule has 0 aromatic heterocycles. The van der Waals surface area contributed by atoms with Gasteiger partial charge in [-0.3, -0.25) is 9.11 Å². The van der Waals surface area contributed by atoms with E-state index in [1.807, 2.05) is 0 Å². The molecule has 3 rings (SSSR count). The molecule has 4 N–H and O–H groups in total. The van der Waals surface area contributed by atoms with Gasteiger partial charge in [0.2, 0.25) is 0 Å². The number of likely N-dealkylation sites (tertiary alicyclic amines) is 1. The van der Waals surface area contributed by atoms with Crippen molar-refractivity contribution in [2.24, 2.45) is 11.6 Å². The summed E-state index contributed by atoms with van der Waals surface area (Å²) in [6, 6.07) is 6.69. The zero-order valence-electron chi connectivity index (χ0n) is 16.6. The third-order valence-corrected chi connectivity index (χ3v) is 6.34. The van der Waals surface area contributed by atoms with Crippen LogP contribution in [-0.4, -0.2) is 52.3 Å². The van der Waals surface area contributed by atoms with Crippen molar-refractivity contribution in [1.82, 2.24) is 9.91 Å². The molecule has 0 radical (unpaired) electrons. The maximum Gasteiger partial charge on any atom is 0.0967 e. The molecule has 150 valence electrons. The van der Waals surface area contributed by atoms with Crippen LogP contribution in [0.2, 0.25) is 0 Å². The van der Waals surface area contributed by atoms with Crippen LogP contribution in [0.4, 0.5) is 0 Å². The van der Waals surface area contributed by atoms with E-state index in [2.05, 4.69) is 36.9 Å². The Kier molecular flexibility index (Phi) is 6.25. The first kappa shape index (κ1) is 20.3. The van der Waals surface area contributed by atoms with Crippen LogP contribution in [0.15, 0.2) is 30.1 Å². The van der Waals surface area contributed by atoms with Gasteiger partial charge in [0.1, 0.15) is 0 Å². The van der Waals surface area contributed by atoms with Crippen LogP contribution in [0, 0.1) is 6.92 Å². The smallest absolute Gasteiger partial charge is 0.0967 e. The van der Waals surface area contributed by atoms with E-state index in [0.29, 0.717) is 18.8 Å². The molecule has 1 aromatic carbocycles. The molecule has 2 unspecified atom stereocenters. The predicted octanol–water partition coefficient (Wildman–Crippen LogP) is 1.73. The van der Waals surface area contributed by atoms with Crippen LogP contribution in [0.1, 0.15) is 42.6 Å². The summed E-state index contributed by atoms with van der Waals surface area (Å²) in [7, 11) is -0.851. The van der Waals surface area contributed by atoms with Crippen molar-refractivity contribution in [2.45, 2.75) is 38.4 Å². The molecule has 27 heavy (non-hydrogen) atoms. The fraction of sp³-hybridized carbons (Fsp3) is 0.600. The summed E-state index contributed by atoms with van der Waals surface area (Å²) in [5.41, 5.74) is 10.7. The molecule has 2 aliphatic rings. The monoisotopic (exact) mass is 392 g/mol. The second kappa shape index (κ2) is 8.31. The van der Waals surface area contributed by atoms with Gasteiger partial charge in [0.15, 0.2) is 0 Å². The zero-order valence-corrected chi connectivity index (χ0v) is 17.4. The van der Waals surface area contributed by atoms with E-state index in [-0.39, 0.29) is 11.7 Å². The van der Waals surface area contributed by atoms with E-state index >= 15 is 0 Å². The number of nitrogens with zero attached hydrogens (tertiary/aromatic N) is 2. The molecule has 2 heterocycles. The Balaban J connectivity index is 1.58. The summed E-state index contributed by atoms with van der Waals surface area (Å²) in [6.45, 7) is 7.40. The molecule has 0 aliphatic carbocycles. The van der Waals surface area contributed by atoms with Crippen molar-refractivity contribution in [2.75, 3.05) is 38.2 Å². The van der Waals surface area contributed by atoms with E-state index in [1.54, 1.807) is 12.5 Å². The first-order valence-corrected chi connectivity index (χ1v) is 11.3. The maximum absolute atomic E-state index is 11.2. The number of nitrogens with two attached hydrogens (primary N) is 2. The molecule has 2 atom stereocenters. The van der Waals surface area contributed by atoms with Crippen molar-refractivity contribution in [3.8, 4) is 0 Å². The summed E-state index contributed by atoms with van der Waals surface area (Å²) in [6.07, 6.45) is 5.54. The van der Waals surface area contributed by atoms with Crippen molar-refractivity contribution < 1.29 is 8.95 Å². The molecule has 1 saturated heterocycles. The average Bonchev–Trinajstić information content (AvgIpc) is 2.86. The van der Waals surface area contributed by atoms with Crippen LogP contribution in [-0.2, 0) is 21.1 Å². The first-order valence-electron chi connectivity index (χ1n) is 9.58. The summed E-state index contributed by atoms with van der Waals surface area (Å²) in [4.78, 5) is 2.35. The third-order valence-electron chi connectivity index (χ3n) is 5.58. The lowest BCUT2D eigenvalue weighted by molar-refractivity contribution is -0.103. The Morgan fingerprint density at radius 3 is 2.81 bits per heavy atom. The van der Waals surface area contributed by atoms with Crippen LogP contribution in [0.3, 0.4) is 0 Å². The second-order valence-electron chi connectivity index (χ2n) is 7.84. The molecule has 0 bridgehead atoms. The highest BCUT2D eigenvalue weighted by molar-refractivity contribution is 7.84. The molecule has 1 spiro atoms. The van der Waals surface area contributed by atoms with E-state index in [0.717, 1.165) is 31.6 Å². The van der Waals surface area contributed by atoms with Crippen LogP contribution in [0.5, 0.6) is 0 Å². The molecule has 1 aromatic rings. The molecular weight excluding hydrogens is 360 g/mol. The number of ether oxygens (including phenoxy) is 1. The number of piperidine rings is 1. The van der Waals surface area contributed by atoms with E-state index in [9.17, 15) is 4.21 Å². The summed E-state index contributed by atoms with van der Waals surface area (Å²) in [5, 5.41) is 1.53. The highest BCUT2D eigenvalue weighted by atomic mass is 32.2. The summed E-state index contributed by atoms with van der Waals surface area (Å²) >= 11 is 0. The first-order chi connectivity index (χ1) is 12.8. The number of hydrogen-bond acceptors (Lipinski definition) is 6. The van der Waals surface area contributed by atoms with Crippen LogP contribution in [0.25, 0.3) is 0 Å². The van der Waals surface area contributed by atoms with Crippen molar-refractivity contribution in [3.05, 3.63) is 46.8 Å². The Labute approximate surface area is 164 Å². The van der Waals surface area contributed by atoms with Gasteiger partial charge in [0.05, 0.1) is 11.7 Å². The fourth-order valence-corrected chi connectivity index (χ4v) is 4.62. The minimum absolute atomic E-state index is 0.152. The minimum atomic E-state index is -0.851. The van der Waals surface area contributed by atoms with Gasteiger partial charge in [-0.1, -0.05) is 23.8 Å². The summed E-state index contributed by atoms with van der Waals surface area (Å²) in [5.74, 6) is 6.45. The molecule has 1 fully saturated rings. The molecular formula is C20H32N4O2S. The molecule has 7 heteroatoms. The van der Waals surface area contributed by atoms with Gasteiger partial charge in [-0.2, -0.15) is 0 Å². The van der Waals surface area contributed by atoms with Crippen LogP contribution < -0.4 is 11.6 Å². The molecule has 0 amide bonds. The topological polar surface area (TPSA) is 84.8 Å². The van der Waals surface area contributed by atoms with Gasteiger partial charge in [0, 0.05) is 60.9 Å². The Bertz CT molecular complexity index is 729. The number of aryl methyl sites for hydroxylation is 1. The zero-order chi connectivity index (χ0) is 19.6. The lowest BCUT2D eigenvalue weighted by Crippen LogP contribution is -2.44. The Morgan fingerprint density at radius 1 is 1.44 bits per heavy atom. The highest BCUT2D eigenvalue weighted by Gasteiger charge is 2.45. The summed E-state index contributed by atoms with van der Waals surface area (Å²) < 4.78 is 17.6. The van der Waals surface area contributed by atoms with Crippen molar-refractivity contribution in [3.63, 3.8) is 0 Å². The van der Waals surface area contributed by atoms with E-state index < -0.39 is 10.8 Å². The van der Waals surface area contributed by atoms with Crippen molar-refractivity contribution in [1.29, 1.82) is 0 Å². The second-order valence-corrected chi connectivity index (χ2v) is 9.40. The lowest BCUT2D eigenvalue weighted by atomic mass is 9.83. The SMILES string of the molecule is Cc1ccc2c(c1)C1(CCN(C/C(N)=C/N(N)CCS(C)=O)CC1)OC2C. The normalized spacial score (nSPS) is 23.4. The predicted molar refractivity (Wildman–Crippen MR) is 110 cm³/mol. The Hall–Kier alpha value is -1.41. The standard InChI is InChI=1S/C20H32N4O2S/c1-15-4-5-18-16(2)26-20(19(18)12-15)6-8-23(9-7-20)13-17(21)14-24(22)10-11-27(3)25/h4-5,12,14,16H,6-11,13,21-22H2,1-3H3/b17-14-. The fourth-order valence-electron chi connectivity index (χ4n) is 4.15. The largest absolute Gasteiger partial charge is 0.400 e. The molecule has 2 aliphatic heterocycles. The number of hydrogen-bond donors (Lipinski definition) is 2. The number of hydrazine groups is 1. The lowest BCUT2D eigenvalue weighted by Gasteiger charge is -2.39. The van der Waals surface area contributed by atoms with Crippen LogP contribution >= 0.6 is 0 Å². The average molecular weight is 393 g/mol. The number of fused-ring (bicyclic) bond motifs is 2. The van der Waals surface area contributed by atoms with Gasteiger partial charge >= 0.3 is 0 Å². The number of benzene rings is 1. The van der Waals surface area contributed by atoms with E-state index in [1.165, 1.54) is 21.7 Å². The quantitative estimate of drug-likeness (QED) is 0.567. The third kappa shape index (κ3) is 4.71. The van der Waals surface area contributed by atoms with Gasteiger partial charge in [-0.15, -0.1) is 0 Å². The van der Waals surface area contributed by atoms with Gasteiger partial charge < -0.3 is 15.5 Å². The maximum atomic E-state index is 11.2. The number of rotatable bonds is 6. The van der Waals surface area contributed by atoms with Crippen molar-refractivity contribution >= 4 is 10.8 Å². The minimum Gasteiger partial charge on any atom is -0.400 e.